The molecule has 1 saturated heterocycles. The summed E-state index contributed by atoms with van der Waals surface area (Å²) in [5.41, 5.74) is -0.195. The number of ether oxygens (including phenoxy) is 1. The lowest BCUT2D eigenvalue weighted by atomic mass is 9.98. The fourth-order valence-electron chi connectivity index (χ4n) is 3.99. The van der Waals surface area contributed by atoms with E-state index >= 15 is 0 Å². The van der Waals surface area contributed by atoms with Crippen LogP contribution >= 0.6 is 11.3 Å². The number of carbonyl (C=O) groups excluding carboxylic acids is 2. The van der Waals surface area contributed by atoms with Gasteiger partial charge in [-0.05, 0) is 43.0 Å². The van der Waals surface area contributed by atoms with E-state index in [4.69, 9.17) is 4.74 Å². The van der Waals surface area contributed by atoms with Gasteiger partial charge in [-0.2, -0.15) is 0 Å². The van der Waals surface area contributed by atoms with Gasteiger partial charge in [0.2, 0.25) is 9.84 Å². The van der Waals surface area contributed by atoms with Gasteiger partial charge in [-0.25, -0.2) is 18.2 Å². The van der Waals surface area contributed by atoms with Crippen LogP contribution in [-0.2, 0) is 19.4 Å². The number of nitro benzene ring substituents is 2. The molecule has 4 rings (SSSR count). The number of sulfone groups is 1. The number of esters is 1. The van der Waals surface area contributed by atoms with Crippen LogP contribution in [0.2, 0.25) is 0 Å². The van der Waals surface area contributed by atoms with Crippen molar-refractivity contribution < 1.29 is 32.6 Å². The van der Waals surface area contributed by atoms with E-state index in [1.54, 1.807) is 0 Å². The summed E-state index contributed by atoms with van der Waals surface area (Å²) in [5.74, 6) is -1.22. The van der Waals surface area contributed by atoms with Gasteiger partial charge in [-0.3, -0.25) is 30.3 Å². The van der Waals surface area contributed by atoms with Gasteiger partial charge in [0, 0.05) is 31.3 Å². The Labute approximate surface area is 231 Å². The number of non-ortho nitro benzene ring substituents is 1. The molecule has 14 nitrogen and oxygen atoms in total. The van der Waals surface area contributed by atoms with Gasteiger partial charge in [0.15, 0.2) is 11.7 Å². The van der Waals surface area contributed by atoms with Crippen molar-refractivity contribution in [1.82, 2.24) is 4.98 Å². The SMILES string of the molecule is CC1CCN(c2ccc(C(=O)OCC(=O)Nc3ncc(S(=O)(=O)c4ccc([N+](=O)[O-])cc4)s3)cc2[N+](=O)[O-])CC1. The smallest absolute Gasteiger partial charge is 0.338 e. The van der Waals surface area contributed by atoms with Crippen LogP contribution in [0.3, 0.4) is 0 Å². The number of nitrogens with zero attached hydrogens (tertiary/aromatic N) is 4. The zero-order valence-corrected chi connectivity index (χ0v) is 22.6. The Kier molecular flexibility index (Phi) is 8.39. The molecular formula is C24H23N5O9S2. The summed E-state index contributed by atoms with van der Waals surface area (Å²) >= 11 is 0.639. The number of piperidine rings is 1. The van der Waals surface area contributed by atoms with E-state index in [0.717, 1.165) is 49.4 Å². The highest BCUT2D eigenvalue weighted by atomic mass is 32.2. The molecule has 0 atom stereocenters. The number of thiazole rings is 1. The quantitative estimate of drug-likeness (QED) is 0.217. The average Bonchev–Trinajstić information content (AvgIpc) is 3.41. The van der Waals surface area contributed by atoms with Gasteiger partial charge in [0.1, 0.15) is 9.90 Å². The summed E-state index contributed by atoms with van der Waals surface area (Å²) < 4.78 is 30.3. The fraction of sp³-hybridized carbons (Fsp3) is 0.292. The molecule has 1 aromatic heterocycles. The van der Waals surface area contributed by atoms with Crippen LogP contribution < -0.4 is 10.2 Å². The summed E-state index contributed by atoms with van der Waals surface area (Å²) in [6, 6.07) is 8.31. The number of carbonyl (C=O) groups is 2. The second kappa shape index (κ2) is 11.7. The maximum atomic E-state index is 12.8. The van der Waals surface area contributed by atoms with Crippen LogP contribution in [-0.4, -0.2) is 54.8 Å². The largest absolute Gasteiger partial charge is 0.452 e. The van der Waals surface area contributed by atoms with Crippen molar-refractivity contribution >= 4 is 55.2 Å². The molecule has 2 aromatic carbocycles. The Bertz CT molecular complexity index is 1560. The second-order valence-electron chi connectivity index (χ2n) is 8.99. The molecule has 0 unspecified atom stereocenters. The van der Waals surface area contributed by atoms with Crippen LogP contribution in [0.5, 0.6) is 0 Å². The van der Waals surface area contributed by atoms with E-state index in [2.05, 4.69) is 17.2 Å². The van der Waals surface area contributed by atoms with Crippen LogP contribution in [0.15, 0.2) is 57.8 Å². The Morgan fingerprint density at radius 3 is 2.40 bits per heavy atom. The van der Waals surface area contributed by atoms with Gasteiger partial charge in [0.25, 0.3) is 17.3 Å². The fourth-order valence-corrected chi connectivity index (χ4v) is 6.44. The number of rotatable bonds is 9. The number of anilines is 2. The first-order valence-corrected chi connectivity index (χ1v) is 14.2. The molecule has 0 radical (unpaired) electrons. The Morgan fingerprint density at radius 1 is 1.10 bits per heavy atom. The summed E-state index contributed by atoms with van der Waals surface area (Å²) in [4.78, 5) is 51.6. The van der Waals surface area contributed by atoms with Crippen LogP contribution in [0.4, 0.5) is 22.2 Å². The number of benzene rings is 2. The van der Waals surface area contributed by atoms with Crippen molar-refractivity contribution in [2.45, 2.75) is 28.9 Å². The monoisotopic (exact) mass is 589 g/mol. The molecule has 3 aromatic rings. The first-order chi connectivity index (χ1) is 19.0. The van der Waals surface area contributed by atoms with Crippen molar-refractivity contribution in [3.63, 3.8) is 0 Å². The second-order valence-corrected chi connectivity index (χ2v) is 12.2. The molecule has 1 aliphatic rings. The average molecular weight is 590 g/mol. The lowest BCUT2D eigenvalue weighted by Gasteiger charge is -2.31. The number of nitro groups is 2. The predicted octanol–water partition coefficient (Wildman–Crippen LogP) is 3.82. The van der Waals surface area contributed by atoms with Gasteiger partial charge in [-0.15, -0.1) is 0 Å². The third kappa shape index (κ3) is 6.40. The zero-order chi connectivity index (χ0) is 29.0. The van der Waals surface area contributed by atoms with E-state index in [9.17, 15) is 38.2 Å². The van der Waals surface area contributed by atoms with Crippen molar-refractivity contribution in [1.29, 1.82) is 0 Å². The Morgan fingerprint density at radius 2 is 1.77 bits per heavy atom. The van der Waals surface area contributed by atoms with Gasteiger partial charge >= 0.3 is 5.97 Å². The molecule has 1 aliphatic heterocycles. The molecule has 40 heavy (non-hydrogen) atoms. The first-order valence-electron chi connectivity index (χ1n) is 11.9. The van der Waals surface area contributed by atoms with Gasteiger partial charge < -0.3 is 9.64 Å². The molecule has 0 saturated carbocycles. The lowest BCUT2D eigenvalue weighted by Crippen LogP contribution is -2.33. The zero-order valence-electron chi connectivity index (χ0n) is 21.0. The minimum absolute atomic E-state index is 0.0858. The highest BCUT2D eigenvalue weighted by Crippen LogP contribution is 2.33. The Balaban J connectivity index is 1.37. The molecule has 1 fully saturated rings. The van der Waals surface area contributed by atoms with E-state index in [1.807, 2.05) is 4.90 Å². The topological polar surface area (TPSA) is 192 Å². The highest BCUT2D eigenvalue weighted by molar-refractivity contribution is 7.93. The molecule has 2 heterocycles. The minimum Gasteiger partial charge on any atom is -0.452 e. The normalized spacial score (nSPS) is 14.0. The maximum Gasteiger partial charge on any atom is 0.338 e. The van der Waals surface area contributed by atoms with Crippen LogP contribution in [0, 0.1) is 26.1 Å². The van der Waals surface area contributed by atoms with E-state index in [-0.39, 0.29) is 31.2 Å². The lowest BCUT2D eigenvalue weighted by molar-refractivity contribution is -0.384. The predicted molar refractivity (Wildman–Crippen MR) is 143 cm³/mol. The Hall–Kier alpha value is -4.44. The summed E-state index contributed by atoms with van der Waals surface area (Å²) in [6.45, 7) is 2.71. The molecule has 1 N–H and O–H groups in total. The summed E-state index contributed by atoms with van der Waals surface area (Å²) in [5, 5.41) is 24.7. The van der Waals surface area contributed by atoms with Crippen LogP contribution in [0.1, 0.15) is 30.1 Å². The first kappa shape index (κ1) is 28.6. The molecular weight excluding hydrogens is 566 g/mol. The third-order valence-electron chi connectivity index (χ3n) is 6.22. The van der Waals surface area contributed by atoms with Crippen molar-refractivity contribution in [2.24, 2.45) is 5.92 Å². The maximum absolute atomic E-state index is 12.8. The van der Waals surface area contributed by atoms with Gasteiger partial charge in [0.05, 0.1) is 26.5 Å². The standard InChI is InChI=1S/C24H23N5O9S2/c1-15-8-10-27(11-9-15)19-7-2-16(12-20(19)29(34)35)23(31)38-14-21(30)26-24-25-13-22(39-24)40(36,37)18-5-3-17(4-6-18)28(32)33/h2-7,12-13,15H,8-11,14H2,1H3,(H,25,26,30). The molecule has 0 spiro atoms. The number of aromatic nitrogens is 1. The van der Waals surface area contributed by atoms with Crippen LogP contribution in [0.25, 0.3) is 0 Å². The minimum atomic E-state index is -4.05. The van der Waals surface area contributed by atoms with E-state index < -0.39 is 38.2 Å². The molecule has 16 heteroatoms. The molecule has 1 amide bonds. The summed E-state index contributed by atoms with van der Waals surface area (Å²) in [6.07, 6.45) is 2.83. The van der Waals surface area contributed by atoms with E-state index in [1.165, 1.54) is 12.1 Å². The number of amides is 1. The van der Waals surface area contributed by atoms with Crippen molar-refractivity contribution in [3.05, 3.63) is 74.5 Å². The van der Waals surface area contributed by atoms with Crippen molar-refractivity contribution in [2.75, 3.05) is 29.9 Å². The molecule has 210 valence electrons. The van der Waals surface area contributed by atoms with Crippen molar-refractivity contribution in [3.8, 4) is 0 Å². The van der Waals surface area contributed by atoms with E-state index in [0.29, 0.717) is 36.0 Å². The third-order valence-corrected chi connectivity index (χ3v) is 9.36. The number of nitrogens with one attached hydrogen (secondary N) is 1. The molecule has 0 bridgehead atoms. The highest BCUT2D eigenvalue weighted by Gasteiger charge is 2.26. The number of hydrogen-bond donors (Lipinski definition) is 1. The summed E-state index contributed by atoms with van der Waals surface area (Å²) in [7, 11) is -4.05. The molecule has 0 aliphatic carbocycles. The van der Waals surface area contributed by atoms with Gasteiger partial charge in [-0.1, -0.05) is 18.3 Å². The number of hydrogen-bond acceptors (Lipinski definition) is 12.